The second-order valence-corrected chi connectivity index (χ2v) is 5.89. The molecule has 0 unspecified atom stereocenters. The highest BCUT2D eigenvalue weighted by atomic mass is 35.5. The van der Waals surface area contributed by atoms with Crippen LogP contribution in [-0.4, -0.2) is 18.5 Å². The van der Waals surface area contributed by atoms with Gasteiger partial charge in [0.05, 0.1) is 28.8 Å². The van der Waals surface area contributed by atoms with E-state index < -0.39 is 5.97 Å². The van der Waals surface area contributed by atoms with Crippen LogP contribution in [0.2, 0.25) is 10.0 Å². The number of hydrogen-bond acceptors (Lipinski definition) is 3. The molecule has 1 amide bonds. The molecule has 2 aromatic carbocycles. The zero-order chi connectivity index (χ0) is 17.4. The van der Waals surface area contributed by atoms with E-state index in [2.05, 4.69) is 5.32 Å². The Morgan fingerprint density at radius 3 is 2.46 bits per heavy atom. The minimum absolute atomic E-state index is 0.0127. The molecule has 0 aliphatic carbocycles. The lowest BCUT2D eigenvalue weighted by atomic mass is 10.2. The molecule has 0 saturated heterocycles. The smallest absolute Gasteiger partial charge is 0.306 e. The van der Waals surface area contributed by atoms with Crippen molar-refractivity contribution in [3.63, 3.8) is 0 Å². The van der Waals surface area contributed by atoms with E-state index in [1.807, 2.05) is 30.3 Å². The lowest BCUT2D eigenvalue weighted by molar-refractivity contribution is -0.144. The van der Waals surface area contributed by atoms with Crippen LogP contribution in [0.1, 0.15) is 18.4 Å². The molecule has 0 heterocycles. The summed E-state index contributed by atoms with van der Waals surface area (Å²) in [5.41, 5.74) is 1.52. The van der Waals surface area contributed by atoms with Gasteiger partial charge in [0.25, 0.3) is 0 Å². The van der Waals surface area contributed by atoms with Gasteiger partial charge >= 0.3 is 5.97 Å². The molecule has 24 heavy (non-hydrogen) atoms. The summed E-state index contributed by atoms with van der Waals surface area (Å²) in [6.07, 6.45) is 0.683. The summed E-state index contributed by atoms with van der Waals surface area (Å²) >= 11 is 11.9. The molecule has 0 aliphatic heterocycles. The minimum atomic E-state index is -0.404. The van der Waals surface area contributed by atoms with Crippen LogP contribution in [-0.2, 0) is 20.7 Å². The Labute approximate surface area is 150 Å². The Balaban J connectivity index is 1.69. The maximum atomic E-state index is 11.9. The summed E-state index contributed by atoms with van der Waals surface area (Å²) in [6.45, 7) is 0.296. The second kappa shape index (κ2) is 9.30. The van der Waals surface area contributed by atoms with Gasteiger partial charge in [0.15, 0.2) is 0 Å². The lowest BCUT2D eigenvalue weighted by Gasteiger charge is -2.08. The Hall–Kier alpha value is -2.04. The molecule has 1 N–H and O–H groups in total. The van der Waals surface area contributed by atoms with Gasteiger partial charge in [-0.05, 0) is 17.7 Å². The van der Waals surface area contributed by atoms with Crippen molar-refractivity contribution < 1.29 is 14.3 Å². The molecule has 0 radical (unpaired) electrons. The van der Waals surface area contributed by atoms with Crippen LogP contribution >= 0.6 is 23.2 Å². The molecule has 4 nitrogen and oxygen atoms in total. The number of carbonyl (C=O) groups is 2. The highest BCUT2D eigenvalue weighted by Crippen LogP contribution is 2.29. The van der Waals surface area contributed by atoms with Crippen LogP contribution in [0.3, 0.4) is 0 Å². The SMILES string of the molecule is O=C(CCC(=O)OCCc1ccccc1)Nc1cccc(Cl)c1Cl. The number of esters is 1. The zero-order valence-electron chi connectivity index (χ0n) is 12.9. The van der Waals surface area contributed by atoms with Crippen molar-refractivity contribution in [3.05, 3.63) is 64.1 Å². The van der Waals surface area contributed by atoms with Crippen LogP contribution in [0.25, 0.3) is 0 Å². The van der Waals surface area contributed by atoms with Crippen LogP contribution in [0, 0.1) is 0 Å². The standard InChI is InChI=1S/C18H17Cl2NO3/c19-14-7-4-8-15(18(14)20)21-16(22)9-10-17(23)24-12-11-13-5-2-1-3-6-13/h1-8H,9-12H2,(H,21,22). The van der Waals surface area contributed by atoms with Crippen LogP contribution in [0.5, 0.6) is 0 Å². The van der Waals surface area contributed by atoms with Gasteiger partial charge in [-0.3, -0.25) is 9.59 Å². The van der Waals surface area contributed by atoms with Crippen molar-refractivity contribution in [2.75, 3.05) is 11.9 Å². The quantitative estimate of drug-likeness (QED) is 0.735. The molecule has 0 aliphatic rings. The molecule has 0 saturated carbocycles. The molecular weight excluding hydrogens is 349 g/mol. The van der Waals surface area contributed by atoms with Crippen LogP contribution in [0.4, 0.5) is 5.69 Å². The number of halogens is 2. The Bertz CT molecular complexity index is 705. The first kappa shape index (κ1) is 18.3. The van der Waals surface area contributed by atoms with Crippen molar-refractivity contribution in [3.8, 4) is 0 Å². The lowest BCUT2D eigenvalue weighted by Crippen LogP contribution is -2.15. The average Bonchev–Trinajstić information content (AvgIpc) is 2.58. The van der Waals surface area contributed by atoms with Gasteiger partial charge in [0.2, 0.25) is 5.91 Å². The number of nitrogens with one attached hydrogen (secondary N) is 1. The van der Waals surface area contributed by atoms with Gasteiger partial charge < -0.3 is 10.1 Å². The second-order valence-electron chi connectivity index (χ2n) is 5.11. The van der Waals surface area contributed by atoms with Gasteiger partial charge in [-0.2, -0.15) is 0 Å². The number of benzene rings is 2. The Morgan fingerprint density at radius 1 is 0.958 bits per heavy atom. The Kier molecular flexibility index (Phi) is 7.09. The zero-order valence-corrected chi connectivity index (χ0v) is 14.4. The third-order valence-corrected chi connectivity index (χ3v) is 4.10. The normalized spacial score (nSPS) is 10.2. The molecule has 0 spiro atoms. The summed E-state index contributed by atoms with van der Waals surface area (Å²) < 4.78 is 5.12. The van der Waals surface area contributed by atoms with E-state index in [-0.39, 0.29) is 23.8 Å². The van der Waals surface area contributed by atoms with Gasteiger partial charge in [-0.1, -0.05) is 59.6 Å². The molecule has 2 rings (SSSR count). The molecule has 0 bridgehead atoms. The van der Waals surface area contributed by atoms with E-state index in [0.717, 1.165) is 5.56 Å². The first-order valence-corrected chi connectivity index (χ1v) is 8.25. The maximum absolute atomic E-state index is 11.9. The molecule has 2 aromatic rings. The fourth-order valence-electron chi connectivity index (χ4n) is 2.03. The number of hydrogen-bond donors (Lipinski definition) is 1. The maximum Gasteiger partial charge on any atom is 0.306 e. The van der Waals surface area contributed by atoms with Gasteiger partial charge in [0, 0.05) is 12.8 Å². The number of carbonyl (C=O) groups excluding carboxylic acids is 2. The fourth-order valence-corrected chi connectivity index (χ4v) is 2.38. The molecule has 6 heteroatoms. The summed E-state index contributed by atoms with van der Waals surface area (Å²) in [5, 5.41) is 3.26. The molecule has 126 valence electrons. The van der Waals surface area contributed by atoms with E-state index in [9.17, 15) is 9.59 Å². The number of rotatable bonds is 7. The summed E-state index contributed by atoms with van der Waals surface area (Å²) in [4.78, 5) is 23.5. The molecule has 0 atom stereocenters. The van der Waals surface area contributed by atoms with Gasteiger partial charge in [-0.25, -0.2) is 0 Å². The van der Waals surface area contributed by atoms with E-state index in [1.165, 1.54) is 0 Å². The monoisotopic (exact) mass is 365 g/mol. The highest BCUT2D eigenvalue weighted by Gasteiger charge is 2.11. The van der Waals surface area contributed by atoms with E-state index >= 15 is 0 Å². The van der Waals surface area contributed by atoms with Gasteiger partial charge in [0.1, 0.15) is 0 Å². The number of amides is 1. The minimum Gasteiger partial charge on any atom is -0.465 e. The third kappa shape index (κ3) is 5.87. The first-order chi connectivity index (χ1) is 11.6. The van der Waals surface area contributed by atoms with Crippen molar-refractivity contribution in [2.24, 2.45) is 0 Å². The van der Waals surface area contributed by atoms with E-state index in [4.69, 9.17) is 27.9 Å². The largest absolute Gasteiger partial charge is 0.465 e. The van der Waals surface area contributed by atoms with Crippen molar-refractivity contribution in [2.45, 2.75) is 19.3 Å². The van der Waals surface area contributed by atoms with Crippen molar-refractivity contribution in [1.29, 1.82) is 0 Å². The topological polar surface area (TPSA) is 55.4 Å². The van der Waals surface area contributed by atoms with Crippen molar-refractivity contribution in [1.82, 2.24) is 0 Å². The van der Waals surface area contributed by atoms with Gasteiger partial charge in [-0.15, -0.1) is 0 Å². The van der Waals surface area contributed by atoms with E-state index in [1.54, 1.807) is 18.2 Å². The highest BCUT2D eigenvalue weighted by molar-refractivity contribution is 6.43. The first-order valence-electron chi connectivity index (χ1n) is 7.49. The predicted octanol–water partition coefficient (Wildman–Crippen LogP) is 4.50. The molecule has 0 fully saturated rings. The predicted molar refractivity (Wildman–Crippen MR) is 95.4 cm³/mol. The van der Waals surface area contributed by atoms with E-state index in [0.29, 0.717) is 23.7 Å². The fraction of sp³-hybridized carbons (Fsp3) is 0.222. The summed E-state index contributed by atoms with van der Waals surface area (Å²) in [5.74, 6) is -0.725. The molecular formula is C18H17Cl2NO3. The number of anilines is 1. The number of ether oxygens (including phenoxy) is 1. The molecule has 0 aromatic heterocycles. The third-order valence-electron chi connectivity index (χ3n) is 3.28. The Morgan fingerprint density at radius 2 is 1.71 bits per heavy atom. The average molecular weight is 366 g/mol. The van der Waals surface area contributed by atoms with Crippen LogP contribution < -0.4 is 5.32 Å². The summed E-state index contributed by atoms with van der Waals surface area (Å²) in [6, 6.07) is 14.7. The summed E-state index contributed by atoms with van der Waals surface area (Å²) in [7, 11) is 0. The van der Waals surface area contributed by atoms with Crippen LogP contribution in [0.15, 0.2) is 48.5 Å². The van der Waals surface area contributed by atoms with Crippen molar-refractivity contribution >= 4 is 40.8 Å².